The maximum Gasteiger partial charge on any atom is 0.0981 e. The van der Waals surface area contributed by atoms with Crippen molar-refractivity contribution in [3.05, 3.63) is 16.1 Å². The van der Waals surface area contributed by atoms with Gasteiger partial charge in [0.05, 0.1) is 5.01 Å². The highest BCUT2D eigenvalue weighted by molar-refractivity contribution is 7.79. The summed E-state index contributed by atoms with van der Waals surface area (Å²) in [5.41, 5.74) is 0.186. The number of thiazole rings is 1. The van der Waals surface area contributed by atoms with Crippen LogP contribution in [0.2, 0.25) is 0 Å². The molecule has 0 saturated heterocycles. The Morgan fingerprint density at radius 3 is 2.45 bits per heavy atom. The van der Waals surface area contributed by atoms with Crippen molar-refractivity contribution in [2.24, 2.45) is 0 Å². The summed E-state index contributed by atoms with van der Waals surface area (Å²) in [6, 6.07) is 0. The van der Waals surface area contributed by atoms with Crippen molar-refractivity contribution in [1.29, 1.82) is 0 Å². The highest BCUT2D eigenvalue weighted by atomic mass is 32.1. The molecule has 1 aromatic rings. The SMILES string of the molecule is CC(C)(C)c1ncc(CS)s1. The molecule has 0 aliphatic rings. The number of nitrogens with zero attached hydrogens (tertiary/aromatic N) is 1. The third-order valence-electron chi connectivity index (χ3n) is 1.35. The van der Waals surface area contributed by atoms with Crippen LogP contribution in [0, 0.1) is 0 Å². The first kappa shape index (κ1) is 9.07. The lowest BCUT2D eigenvalue weighted by Gasteiger charge is -2.13. The average molecular weight is 187 g/mol. The van der Waals surface area contributed by atoms with Crippen LogP contribution < -0.4 is 0 Å². The molecule has 0 fully saturated rings. The third kappa shape index (κ3) is 2.20. The van der Waals surface area contributed by atoms with Gasteiger partial charge in [-0.2, -0.15) is 12.6 Å². The van der Waals surface area contributed by atoms with E-state index >= 15 is 0 Å². The molecule has 11 heavy (non-hydrogen) atoms. The van der Waals surface area contributed by atoms with Gasteiger partial charge in [-0.1, -0.05) is 20.8 Å². The van der Waals surface area contributed by atoms with Crippen LogP contribution in [-0.4, -0.2) is 4.98 Å². The fourth-order valence-electron chi connectivity index (χ4n) is 0.727. The van der Waals surface area contributed by atoms with Crippen LogP contribution in [0.5, 0.6) is 0 Å². The Bertz CT molecular complexity index is 234. The lowest BCUT2D eigenvalue weighted by atomic mass is 9.98. The van der Waals surface area contributed by atoms with E-state index in [1.54, 1.807) is 11.3 Å². The number of rotatable bonds is 1. The third-order valence-corrected chi connectivity index (χ3v) is 3.33. The zero-order chi connectivity index (χ0) is 8.48. The molecule has 0 radical (unpaired) electrons. The van der Waals surface area contributed by atoms with Crippen LogP contribution in [0.25, 0.3) is 0 Å². The highest BCUT2D eigenvalue weighted by Crippen LogP contribution is 2.27. The quantitative estimate of drug-likeness (QED) is 0.667. The van der Waals surface area contributed by atoms with Crippen molar-refractivity contribution in [2.75, 3.05) is 0 Å². The van der Waals surface area contributed by atoms with Gasteiger partial charge in [0.15, 0.2) is 0 Å². The number of hydrogen-bond donors (Lipinski definition) is 1. The molecule has 0 aromatic carbocycles. The lowest BCUT2D eigenvalue weighted by Crippen LogP contribution is -2.09. The monoisotopic (exact) mass is 187 g/mol. The first-order valence-electron chi connectivity index (χ1n) is 3.60. The van der Waals surface area contributed by atoms with Crippen molar-refractivity contribution in [2.45, 2.75) is 31.9 Å². The molecule has 62 valence electrons. The summed E-state index contributed by atoms with van der Waals surface area (Å²) in [5, 5.41) is 1.20. The van der Waals surface area contributed by atoms with Gasteiger partial charge in [-0.15, -0.1) is 11.3 Å². The second-order valence-electron chi connectivity index (χ2n) is 3.54. The van der Waals surface area contributed by atoms with E-state index in [9.17, 15) is 0 Å². The molecular formula is C8H13NS2. The number of hydrogen-bond acceptors (Lipinski definition) is 3. The molecule has 0 saturated carbocycles. The molecule has 1 rings (SSSR count). The fourth-order valence-corrected chi connectivity index (χ4v) is 1.83. The van der Waals surface area contributed by atoms with Crippen LogP contribution in [0.1, 0.15) is 30.7 Å². The largest absolute Gasteiger partial charge is 0.249 e. The topological polar surface area (TPSA) is 12.9 Å². The van der Waals surface area contributed by atoms with Gasteiger partial charge in [-0.05, 0) is 0 Å². The highest BCUT2D eigenvalue weighted by Gasteiger charge is 2.17. The molecule has 1 nitrogen and oxygen atoms in total. The average Bonchev–Trinajstić information content (AvgIpc) is 2.32. The van der Waals surface area contributed by atoms with Crippen LogP contribution in [0.4, 0.5) is 0 Å². The summed E-state index contributed by atoms with van der Waals surface area (Å²) in [6.07, 6.45) is 1.91. The number of thiol groups is 1. The standard InChI is InChI=1S/C8H13NS2/c1-8(2,3)7-9-4-6(5-10)11-7/h4,10H,5H2,1-3H3. The molecular weight excluding hydrogens is 174 g/mol. The molecule has 1 aromatic heterocycles. The Kier molecular flexibility index (Phi) is 2.60. The Hall–Kier alpha value is -0.0200. The molecule has 0 amide bonds. The van der Waals surface area contributed by atoms with E-state index in [4.69, 9.17) is 0 Å². The van der Waals surface area contributed by atoms with E-state index in [-0.39, 0.29) is 5.41 Å². The molecule has 0 spiro atoms. The maximum absolute atomic E-state index is 4.33. The first-order valence-corrected chi connectivity index (χ1v) is 5.05. The minimum atomic E-state index is 0.186. The second-order valence-corrected chi connectivity index (χ2v) is 4.97. The van der Waals surface area contributed by atoms with Crippen molar-refractivity contribution >= 4 is 24.0 Å². The summed E-state index contributed by atoms with van der Waals surface area (Å²) in [5.74, 6) is 0.799. The molecule has 0 unspecified atom stereocenters. The van der Waals surface area contributed by atoms with Gasteiger partial charge in [0.1, 0.15) is 0 Å². The maximum atomic E-state index is 4.33. The summed E-state index contributed by atoms with van der Waals surface area (Å²) >= 11 is 5.94. The zero-order valence-corrected chi connectivity index (χ0v) is 8.80. The molecule has 1 heterocycles. The zero-order valence-electron chi connectivity index (χ0n) is 7.09. The van der Waals surface area contributed by atoms with Crippen LogP contribution in [-0.2, 0) is 11.2 Å². The first-order chi connectivity index (χ1) is 5.04. The van der Waals surface area contributed by atoms with Gasteiger partial charge in [0, 0.05) is 22.2 Å². The number of aromatic nitrogens is 1. The minimum absolute atomic E-state index is 0.186. The van der Waals surface area contributed by atoms with Crippen molar-refractivity contribution < 1.29 is 0 Å². The van der Waals surface area contributed by atoms with Gasteiger partial charge in [-0.3, -0.25) is 0 Å². The Balaban J connectivity index is 2.89. The molecule has 0 N–H and O–H groups in total. The molecule has 0 atom stereocenters. The summed E-state index contributed by atoms with van der Waals surface area (Å²) < 4.78 is 0. The normalized spacial score (nSPS) is 12.0. The van der Waals surface area contributed by atoms with Gasteiger partial charge < -0.3 is 0 Å². The van der Waals surface area contributed by atoms with Gasteiger partial charge >= 0.3 is 0 Å². The second kappa shape index (κ2) is 3.15. The summed E-state index contributed by atoms with van der Waals surface area (Å²) in [4.78, 5) is 5.58. The molecule has 0 bridgehead atoms. The van der Waals surface area contributed by atoms with E-state index in [1.165, 1.54) is 9.88 Å². The molecule has 0 aliphatic carbocycles. The van der Waals surface area contributed by atoms with E-state index in [0.29, 0.717) is 0 Å². The fraction of sp³-hybridized carbons (Fsp3) is 0.625. The Labute approximate surface area is 77.3 Å². The van der Waals surface area contributed by atoms with E-state index in [2.05, 4.69) is 38.4 Å². The molecule has 0 aliphatic heterocycles. The van der Waals surface area contributed by atoms with Crippen LogP contribution in [0.3, 0.4) is 0 Å². The van der Waals surface area contributed by atoms with Gasteiger partial charge in [0.2, 0.25) is 0 Å². The van der Waals surface area contributed by atoms with Crippen LogP contribution in [0.15, 0.2) is 6.20 Å². The van der Waals surface area contributed by atoms with E-state index in [1.807, 2.05) is 6.20 Å². The smallest absolute Gasteiger partial charge is 0.0981 e. The summed E-state index contributed by atoms with van der Waals surface area (Å²) in [7, 11) is 0. The van der Waals surface area contributed by atoms with Crippen molar-refractivity contribution in [3.8, 4) is 0 Å². The van der Waals surface area contributed by atoms with Crippen LogP contribution >= 0.6 is 24.0 Å². The predicted octanol–water partition coefficient (Wildman–Crippen LogP) is 2.87. The predicted molar refractivity (Wildman–Crippen MR) is 53.5 cm³/mol. The van der Waals surface area contributed by atoms with Gasteiger partial charge in [-0.25, -0.2) is 4.98 Å². The summed E-state index contributed by atoms with van der Waals surface area (Å²) in [6.45, 7) is 6.52. The minimum Gasteiger partial charge on any atom is -0.249 e. The Morgan fingerprint density at radius 1 is 1.55 bits per heavy atom. The molecule has 3 heteroatoms. The van der Waals surface area contributed by atoms with Crippen molar-refractivity contribution in [3.63, 3.8) is 0 Å². The Morgan fingerprint density at radius 2 is 2.18 bits per heavy atom. The van der Waals surface area contributed by atoms with E-state index < -0.39 is 0 Å². The van der Waals surface area contributed by atoms with Crippen molar-refractivity contribution in [1.82, 2.24) is 4.98 Å². The van der Waals surface area contributed by atoms with E-state index in [0.717, 1.165) is 5.75 Å². The lowest BCUT2D eigenvalue weighted by molar-refractivity contribution is 0.585. The van der Waals surface area contributed by atoms with Gasteiger partial charge in [0.25, 0.3) is 0 Å².